The smallest absolute Gasteiger partial charge is 0.0211 e. The summed E-state index contributed by atoms with van der Waals surface area (Å²) in [6.45, 7) is 0. The quantitative estimate of drug-likeness (QED) is 0.368. The molecule has 0 saturated heterocycles. The fraction of sp³-hybridized carbons (Fsp3) is 1.00. The van der Waals surface area contributed by atoms with Crippen LogP contribution in [-0.2, 0) is 0 Å². The molecule has 1 aliphatic rings. The Kier molecular flexibility index (Phi) is 2.48. The predicted molar refractivity (Wildman–Crippen MR) is 27.6 cm³/mol. The maximum absolute atomic E-state index is 4.98. The maximum Gasteiger partial charge on any atom is 0.0211 e. The topological polar surface area (TPSA) is 38.0 Å². The molecule has 0 spiro atoms. The van der Waals surface area contributed by atoms with Crippen LogP contribution in [0.25, 0.3) is 0 Å². The SMILES string of the molecule is Cl.NNC1CC1. The Morgan fingerprint density at radius 3 is 2.00 bits per heavy atom. The van der Waals surface area contributed by atoms with Gasteiger partial charge in [-0.25, -0.2) is 0 Å². The lowest BCUT2D eigenvalue weighted by molar-refractivity contribution is 0.735. The molecule has 1 fully saturated rings. The van der Waals surface area contributed by atoms with Crippen molar-refractivity contribution < 1.29 is 0 Å². The average Bonchev–Trinajstić information content (AvgIpc) is 2.12. The van der Waals surface area contributed by atoms with E-state index in [0.29, 0.717) is 6.04 Å². The number of nitrogens with two attached hydrogens (primary N) is 1. The molecule has 0 atom stereocenters. The molecule has 0 aliphatic heterocycles. The first kappa shape index (κ1) is 6.21. The summed E-state index contributed by atoms with van der Waals surface area (Å²) < 4.78 is 0. The third-order valence-electron chi connectivity index (χ3n) is 0.813. The molecule has 0 aromatic rings. The van der Waals surface area contributed by atoms with E-state index < -0.39 is 0 Å². The van der Waals surface area contributed by atoms with Crippen LogP contribution in [0, 0.1) is 0 Å². The third-order valence-corrected chi connectivity index (χ3v) is 0.813. The molecule has 0 heterocycles. The number of hydrogen-bond acceptors (Lipinski definition) is 2. The van der Waals surface area contributed by atoms with E-state index in [1.54, 1.807) is 0 Å². The van der Waals surface area contributed by atoms with Gasteiger partial charge < -0.3 is 0 Å². The second-order valence-electron chi connectivity index (χ2n) is 1.44. The van der Waals surface area contributed by atoms with Gasteiger partial charge in [0.05, 0.1) is 0 Å². The Balaban J connectivity index is 0.000000250. The molecule has 1 saturated carbocycles. The minimum atomic E-state index is 0. The second kappa shape index (κ2) is 2.39. The summed E-state index contributed by atoms with van der Waals surface area (Å²) in [5, 5.41) is 0. The van der Waals surface area contributed by atoms with Gasteiger partial charge in [-0.1, -0.05) is 0 Å². The number of rotatable bonds is 1. The van der Waals surface area contributed by atoms with Gasteiger partial charge >= 0.3 is 0 Å². The van der Waals surface area contributed by atoms with E-state index in [0.717, 1.165) is 0 Å². The summed E-state index contributed by atoms with van der Waals surface area (Å²) in [5.41, 5.74) is 2.64. The molecule has 6 heavy (non-hydrogen) atoms. The van der Waals surface area contributed by atoms with Gasteiger partial charge in [-0.2, -0.15) is 0 Å². The Bertz CT molecular complexity index is 35.8. The lowest BCUT2D eigenvalue weighted by Crippen LogP contribution is -2.23. The molecule has 2 nitrogen and oxygen atoms in total. The molecule has 0 amide bonds. The normalized spacial score (nSPS) is 19.5. The lowest BCUT2D eigenvalue weighted by atomic mass is 10.8. The van der Waals surface area contributed by atoms with Crippen LogP contribution in [0.2, 0.25) is 0 Å². The van der Waals surface area contributed by atoms with E-state index >= 15 is 0 Å². The number of hydrazine groups is 1. The van der Waals surface area contributed by atoms with E-state index in [2.05, 4.69) is 5.43 Å². The minimum absolute atomic E-state index is 0. The first-order valence-electron chi connectivity index (χ1n) is 1.89. The van der Waals surface area contributed by atoms with Crippen LogP contribution in [0.1, 0.15) is 12.8 Å². The van der Waals surface area contributed by atoms with Crippen molar-refractivity contribution in [2.24, 2.45) is 5.84 Å². The van der Waals surface area contributed by atoms with Crippen LogP contribution in [0.4, 0.5) is 0 Å². The maximum atomic E-state index is 4.98. The van der Waals surface area contributed by atoms with Gasteiger partial charge in [-0.15, -0.1) is 12.4 Å². The summed E-state index contributed by atoms with van der Waals surface area (Å²) in [6.07, 6.45) is 2.55. The van der Waals surface area contributed by atoms with Gasteiger partial charge in [0.1, 0.15) is 0 Å². The molecule has 0 aromatic heterocycles. The molecule has 0 radical (unpaired) electrons. The molecule has 38 valence electrons. The van der Waals surface area contributed by atoms with Crippen molar-refractivity contribution in [3.05, 3.63) is 0 Å². The Morgan fingerprint density at radius 1 is 1.50 bits per heavy atom. The standard InChI is InChI=1S/C3H8N2.ClH/c4-5-3-1-2-3;/h3,5H,1-2,4H2;1H. The van der Waals surface area contributed by atoms with Gasteiger partial charge in [0.25, 0.3) is 0 Å². The zero-order valence-corrected chi connectivity index (χ0v) is 4.29. The summed E-state index contributed by atoms with van der Waals surface area (Å²) in [5.74, 6) is 4.98. The number of nitrogens with one attached hydrogen (secondary N) is 1. The highest BCUT2D eigenvalue weighted by atomic mass is 35.5. The lowest BCUT2D eigenvalue weighted by Gasteiger charge is -1.81. The highest BCUT2D eigenvalue weighted by molar-refractivity contribution is 5.85. The van der Waals surface area contributed by atoms with E-state index in [1.165, 1.54) is 12.8 Å². The Hall–Kier alpha value is 0.210. The van der Waals surface area contributed by atoms with Crippen LogP contribution in [-0.4, -0.2) is 6.04 Å². The molecular weight excluding hydrogens is 99.5 g/mol. The molecule has 3 N–H and O–H groups in total. The molecular formula is C3H9ClN2. The van der Waals surface area contributed by atoms with Crippen molar-refractivity contribution in [1.29, 1.82) is 0 Å². The fourth-order valence-corrected chi connectivity index (χ4v) is 0.250. The minimum Gasteiger partial charge on any atom is -0.271 e. The molecule has 0 unspecified atom stereocenters. The average molecular weight is 109 g/mol. The first-order valence-corrected chi connectivity index (χ1v) is 1.89. The van der Waals surface area contributed by atoms with Gasteiger partial charge in [0, 0.05) is 6.04 Å². The zero-order valence-electron chi connectivity index (χ0n) is 3.48. The summed E-state index contributed by atoms with van der Waals surface area (Å²) in [6, 6.07) is 0.662. The summed E-state index contributed by atoms with van der Waals surface area (Å²) in [4.78, 5) is 0. The zero-order chi connectivity index (χ0) is 3.70. The van der Waals surface area contributed by atoms with Crippen molar-refractivity contribution in [1.82, 2.24) is 5.43 Å². The van der Waals surface area contributed by atoms with Crippen molar-refractivity contribution in [2.45, 2.75) is 18.9 Å². The molecule has 1 aliphatic carbocycles. The van der Waals surface area contributed by atoms with E-state index in [-0.39, 0.29) is 12.4 Å². The van der Waals surface area contributed by atoms with Crippen LogP contribution >= 0.6 is 12.4 Å². The van der Waals surface area contributed by atoms with Crippen LogP contribution in [0.5, 0.6) is 0 Å². The van der Waals surface area contributed by atoms with Crippen LogP contribution in [0.15, 0.2) is 0 Å². The molecule has 0 aromatic carbocycles. The summed E-state index contributed by atoms with van der Waals surface area (Å²) in [7, 11) is 0. The van der Waals surface area contributed by atoms with Crippen LogP contribution in [0.3, 0.4) is 0 Å². The van der Waals surface area contributed by atoms with Crippen LogP contribution < -0.4 is 11.3 Å². The van der Waals surface area contributed by atoms with Gasteiger partial charge in [-0.3, -0.25) is 11.3 Å². The largest absolute Gasteiger partial charge is 0.271 e. The van der Waals surface area contributed by atoms with Gasteiger partial charge in [0.15, 0.2) is 0 Å². The number of hydrogen-bond donors (Lipinski definition) is 2. The third kappa shape index (κ3) is 1.60. The Morgan fingerprint density at radius 2 is 2.00 bits per heavy atom. The van der Waals surface area contributed by atoms with Gasteiger partial charge in [0.2, 0.25) is 0 Å². The highest BCUT2D eigenvalue weighted by Gasteiger charge is 2.17. The second-order valence-corrected chi connectivity index (χ2v) is 1.44. The van der Waals surface area contributed by atoms with E-state index in [9.17, 15) is 0 Å². The monoisotopic (exact) mass is 108 g/mol. The summed E-state index contributed by atoms with van der Waals surface area (Å²) >= 11 is 0. The van der Waals surface area contributed by atoms with E-state index in [1.807, 2.05) is 0 Å². The predicted octanol–water partition coefficient (Wildman–Crippen LogP) is 0.0339. The molecule has 3 heteroatoms. The molecule has 1 rings (SSSR count). The van der Waals surface area contributed by atoms with Crippen molar-refractivity contribution >= 4 is 12.4 Å². The first-order chi connectivity index (χ1) is 2.43. The van der Waals surface area contributed by atoms with E-state index in [4.69, 9.17) is 5.84 Å². The van der Waals surface area contributed by atoms with Crippen molar-refractivity contribution in [3.63, 3.8) is 0 Å². The Labute approximate surface area is 43.5 Å². The van der Waals surface area contributed by atoms with Crippen molar-refractivity contribution in [3.8, 4) is 0 Å². The molecule has 0 bridgehead atoms. The fourth-order valence-electron chi connectivity index (χ4n) is 0.250. The van der Waals surface area contributed by atoms with Crippen molar-refractivity contribution in [2.75, 3.05) is 0 Å². The number of halogens is 1. The van der Waals surface area contributed by atoms with Gasteiger partial charge in [-0.05, 0) is 12.8 Å². The highest BCUT2D eigenvalue weighted by Crippen LogP contribution is 2.16.